The molecule has 0 saturated carbocycles. The molecule has 0 bridgehead atoms. The van der Waals surface area contributed by atoms with E-state index in [4.69, 9.17) is 181 Å². The summed E-state index contributed by atoms with van der Waals surface area (Å²) in [5.74, 6) is 0. The molecule has 0 spiro atoms. The van der Waals surface area contributed by atoms with Crippen LogP contribution in [0, 0.1) is 0 Å². The molecule has 37 nitrogen and oxygen atoms in total. The van der Waals surface area contributed by atoms with Gasteiger partial charge in [0.1, 0.15) is 0 Å². The monoisotopic (exact) mass is 764 g/mol. The standard InChI is InChI=1S/12BO3.Mg.H2O.2H/c12*2-1(3)4;;;;/h;;;;;;;;;;;;;1H2;;/q12*-3;+2;;2*-1/p+12. The molecular formula is H16B12MgO37-24. The topological polar surface area (TPSA) is 862 Å². The Balaban J connectivity index is -0.00000000831. The van der Waals surface area contributed by atoms with Gasteiger partial charge in [0, 0.05) is 0 Å². The van der Waals surface area contributed by atoms with Crippen LogP contribution in [-0.4, -0.2) is 116 Å². The Morgan fingerprint density at radius 3 is 0.160 bits per heavy atom. The molecule has 0 heterocycles. The summed E-state index contributed by atoms with van der Waals surface area (Å²) in [6, 6.07) is 0. The summed E-state index contributed by atoms with van der Waals surface area (Å²) in [5, 5.41) is 303. The molecule has 50 heteroatoms. The molecule has 50 heavy (non-hydrogen) atoms. The van der Waals surface area contributed by atoms with Crippen molar-refractivity contribution in [1.82, 2.24) is 0 Å². The maximum atomic E-state index is 8.42. The van der Waals surface area contributed by atoms with E-state index < -0.39 is 87.9 Å². The first kappa shape index (κ1) is 92.7. The van der Waals surface area contributed by atoms with Crippen molar-refractivity contribution in [2.75, 3.05) is 0 Å². The molecule has 0 aliphatic heterocycles. The predicted molar refractivity (Wildman–Crippen MR) is 94.0 cm³/mol. The van der Waals surface area contributed by atoms with Crippen LogP contribution in [0.4, 0.5) is 0 Å². The number of hydrogen-bond donors (Lipinski definition) is 0. The first-order valence-electron chi connectivity index (χ1n) is 8.49. The van der Waals surface area contributed by atoms with Crippen LogP contribution in [0.3, 0.4) is 0 Å². The van der Waals surface area contributed by atoms with Crippen LogP contribution in [0.5, 0.6) is 0 Å². The van der Waals surface area contributed by atoms with Crippen LogP contribution in [0.1, 0.15) is 20.0 Å². The van der Waals surface area contributed by atoms with Crippen molar-refractivity contribution in [2.24, 2.45) is 0 Å². The van der Waals surface area contributed by atoms with Crippen LogP contribution in [0.25, 0.3) is 0 Å². The maximum absolute atomic E-state index is 8.42. The SMILES string of the molecule is O.[H+].[H+].[H+].[H+].[H+].[H+].[H+].[H+].[H+].[H+].[H+].[H+].[H-].[H-].[Mg+2].[O-]B([O-])[O-].[O-]B([O-])[O-].[O-]B([O-])[O-].[O-]B([O-])[O-].[O-]B([O-])[O-].[O-]B([O-])[O-].[O-]B([O-])[O-].[O-]B([O-])[O-].[O-]B([O-])[O-].[O-]B([O-])[O-].[O-]B([O-])[O-].[O-]B([O-])[O-]. The Morgan fingerprint density at radius 2 is 0.160 bits per heavy atom. The van der Waals surface area contributed by atoms with Crippen molar-refractivity contribution in [3.8, 4) is 0 Å². The van der Waals surface area contributed by atoms with E-state index in [1.54, 1.807) is 0 Å². The minimum Gasteiger partial charge on any atom is -1.00 e. The van der Waals surface area contributed by atoms with Gasteiger partial charge >= 0.3 is 40.2 Å². The molecule has 0 radical (unpaired) electrons. The molecule has 0 fully saturated rings. The van der Waals surface area contributed by atoms with E-state index >= 15 is 0 Å². The fourth-order valence-corrected chi connectivity index (χ4v) is 0. The van der Waals surface area contributed by atoms with Gasteiger partial charge in [0.25, 0.3) is 0 Å². The van der Waals surface area contributed by atoms with E-state index in [0.717, 1.165) is 0 Å². The van der Waals surface area contributed by atoms with Gasteiger partial charge in [-0.15, -0.1) is 0 Å². The van der Waals surface area contributed by atoms with Crippen molar-refractivity contribution in [1.29, 1.82) is 0 Å². The number of hydrogen-bond acceptors (Lipinski definition) is 36. The van der Waals surface area contributed by atoms with Gasteiger partial charge in [-0.3, -0.25) is 87.9 Å². The predicted octanol–water partition coefficient (Wildman–Crippen LogP) is -47.0. The van der Waals surface area contributed by atoms with Gasteiger partial charge in [-0.05, 0) is 0 Å². The average Bonchev–Trinajstić information content (AvgIpc) is 2.61. The molecule has 0 unspecified atom stereocenters. The second-order valence-electron chi connectivity index (χ2n) is 3.46. The van der Waals surface area contributed by atoms with Crippen LogP contribution >= 0.6 is 0 Å². The Bertz CT molecular complexity index is 281. The first-order valence-corrected chi connectivity index (χ1v) is 8.49. The summed E-state index contributed by atoms with van der Waals surface area (Å²) in [6.07, 6.45) is 0. The second-order valence-corrected chi connectivity index (χ2v) is 3.46. The van der Waals surface area contributed by atoms with E-state index in [0.29, 0.717) is 0 Å². The van der Waals surface area contributed by atoms with Gasteiger partial charge in [0.2, 0.25) is 0 Å². The Morgan fingerprint density at radius 1 is 0.160 bits per heavy atom. The molecule has 0 amide bonds. The first-order chi connectivity index (χ1) is 20.8. The molecule has 300 valence electrons. The van der Waals surface area contributed by atoms with Crippen LogP contribution in [0.2, 0.25) is 0 Å². The van der Waals surface area contributed by atoms with Crippen LogP contribution in [0.15, 0.2) is 0 Å². The third-order valence-corrected chi connectivity index (χ3v) is 0. The summed E-state index contributed by atoms with van der Waals surface area (Å²) in [7, 11) is -35.0. The maximum Gasteiger partial charge on any atom is 2.00 e. The van der Waals surface area contributed by atoms with Crippen LogP contribution < -0.4 is 181 Å². The summed E-state index contributed by atoms with van der Waals surface area (Å²) < 4.78 is 0. The molecule has 0 atom stereocenters. The third-order valence-electron chi connectivity index (χ3n) is 0. The fraction of sp³-hybridized carbons (Fsp3) is 0. The van der Waals surface area contributed by atoms with E-state index in [1.165, 1.54) is 0 Å². The molecule has 0 aliphatic carbocycles. The second kappa shape index (κ2) is 87.1. The zero-order chi connectivity index (χ0) is 42.9. The Kier molecular flexibility index (Phi) is 162. The molecule has 2 N–H and O–H groups in total. The smallest absolute Gasteiger partial charge is 1.00 e. The molecule has 0 saturated heterocycles. The minimum absolute atomic E-state index is 0. The quantitative estimate of drug-likeness (QED) is 0.207. The molecule has 0 aliphatic rings. The normalized spacial score (nSPS) is 6.48. The zero-order valence-corrected chi connectivity index (χ0v) is 24.2. The van der Waals surface area contributed by atoms with E-state index in [1.807, 2.05) is 0 Å². The Hall–Kier alpha value is 0.0655. The van der Waals surface area contributed by atoms with Gasteiger partial charge < -0.3 is 189 Å². The van der Waals surface area contributed by atoms with Crippen molar-refractivity contribution >= 4 is 111 Å². The number of rotatable bonds is 0. The largest absolute Gasteiger partial charge is 2.00 e. The van der Waals surface area contributed by atoms with Crippen molar-refractivity contribution < 1.29 is 206 Å². The molecule has 0 aromatic carbocycles. The fourth-order valence-electron chi connectivity index (χ4n) is 0. The van der Waals surface area contributed by atoms with Gasteiger partial charge in [-0.2, -0.15) is 0 Å². The Labute approximate surface area is 318 Å². The van der Waals surface area contributed by atoms with Gasteiger partial charge in [0.05, 0.1) is 0 Å². The van der Waals surface area contributed by atoms with Gasteiger partial charge in [-0.1, -0.05) is 0 Å². The molecule has 0 rings (SSSR count). The van der Waals surface area contributed by atoms with Crippen molar-refractivity contribution in [3.63, 3.8) is 0 Å². The van der Waals surface area contributed by atoms with Crippen molar-refractivity contribution in [3.05, 3.63) is 0 Å². The third kappa shape index (κ3) is 24900000. The van der Waals surface area contributed by atoms with E-state index in [2.05, 4.69) is 0 Å². The minimum atomic E-state index is -2.92. The van der Waals surface area contributed by atoms with Gasteiger partial charge in [-0.25, -0.2) is 0 Å². The van der Waals surface area contributed by atoms with Gasteiger partial charge in [0.15, 0.2) is 0 Å². The summed E-state index contributed by atoms with van der Waals surface area (Å²) in [4.78, 5) is 0. The van der Waals surface area contributed by atoms with E-state index in [-0.39, 0.29) is 48.5 Å². The van der Waals surface area contributed by atoms with E-state index in [9.17, 15) is 0 Å². The summed E-state index contributed by atoms with van der Waals surface area (Å²) in [6.45, 7) is 0. The molecule has 0 aromatic rings. The zero-order valence-electron chi connectivity index (χ0n) is 36.8. The molecular weight excluding hydrogens is 746 g/mol. The van der Waals surface area contributed by atoms with Crippen molar-refractivity contribution in [2.45, 2.75) is 0 Å². The van der Waals surface area contributed by atoms with Crippen LogP contribution in [-0.2, 0) is 0 Å². The molecule has 0 aromatic heterocycles. The summed E-state index contributed by atoms with van der Waals surface area (Å²) in [5.41, 5.74) is 0. The average molecular weight is 762 g/mol. The summed E-state index contributed by atoms with van der Waals surface area (Å²) >= 11 is 0.